The molecule has 3 N–H and O–H groups in total. The third-order valence-electron chi connectivity index (χ3n) is 2.67. The van der Waals surface area contributed by atoms with Crippen molar-refractivity contribution in [1.29, 1.82) is 0 Å². The van der Waals surface area contributed by atoms with Crippen molar-refractivity contribution in [3.05, 3.63) is 70.6 Å². The highest BCUT2D eigenvalue weighted by molar-refractivity contribution is 7.88. The zero-order valence-electron chi connectivity index (χ0n) is 12.8. The first-order valence-electron chi connectivity index (χ1n) is 6.62. The lowest BCUT2D eigenvalue weighted by atomic mass is 10.1. The average Bonchev–Trinajstić information content (AvgIpc) is 2.53. The first-order chi connectivity index (χ1) is 11.9. The molecule has 0 unspecified atom stereocenters. The van der Waals surface area contributed by atoms with Gasteiger partial charge in [-0.1, -0.05) is 6.07 Å². The first kappa shape index (κ1) is 21.3. The molecule has 140 valence electrons. The molecule has 11 heteroatoms. The Balaban J connectivity index is 0.000000263. The Kier molecular flexibility index (Phi) is 6.98. The topological polar surface area (TPSA) is 110 Å². The van der Waals surface area contributed by atoms with Crippen molar-refractivity contribution >= 4 is 22.1 Å². The number of pyridine rings is 1. The molecule has 1 amide bonds. The largest absolute Gasteiger partial charge is 0.417 e. The zero-order chi connectivity index (χ0) is 20.0. The number of primary amides is 1. The molecule has 0 aliphatic rings. The van der Waals surface area contributed by atoms with Gasteiger partial charge in [0.1, 0.15) is 5.82 Å². The van der Waals surface area contributed by atoms with Gasteiger partial charge in [-0.2, -0.15) is 21.6 Å². The number of amides is 1. The quantitative estimate of drug-likeness (QED) is 0.616. The molecule has 1 aromatic heterocycles. The maximum absolute atomic E-state index is 12.5. The lowest BCUT2D eigenvalue weighted by molar-refractivity contribution is -0.138. The number of rotatable bonds is 3. The number of nitrogens with zero attached hydrogens (tertiary/aromatic N) is 1. The lowest BCUT2D eigenvalue weighted by Crippen LogP contribution is -2.18. The summed E-state index contributed by atoms with van der Waals surface area (Å²) < 4.78 is 78.0. The van der Waals surface area contributed by atoms with Crippen LogP contribution in [0.4, 0.5) is 17.6 Å². The molecule has 0 spiro atoms. The fraction of sp³-hybridized carbons (Fsp3) is 0.0667. The van der Waals surface area contributed by atoms with Crippen LogP contribution in [0.1, 0.15) is 21.5 Å². The minimum atomic E-state index is -4.79. The van der Waals surface area contributed by atoms with Crippen LogP contribution in [-0.4, -0.2) is 23.9 Å². The van der Waals surface area contributed by atoms with Crippen molar-refractivity contribution in [2.45, 2.75) is 6.18 Å². The zero-order valence-corrected chi connectivity index (χ0v) is 13.6. The summed E-state index contributed by atoms with van der Waals surface area (Å²) >= 11 is 0. The maximum Gasteiger partial charge on any atom is 0.417 e. The summed E-state index contributed by atoms with van der Waals surface area (Å²) in [7, 11) is -4.03. The van der Waals surface area contributed by atoms with E-state index in [1.54, 1.807) is 18.3 Å². The number of hydrogen-bond donors (Lipinski definition) is 2. The summed E-state index contributed by atoms with van der Waals surface area (Å²) in [5, 5.41) is 0.712. The van der Waals surface area contributed by atoms with Gasteiger partial charge in [-0.25, -0.2) is 4.39 Å². The van der Waals surface area contributed by atoms with Crippen LogP contribution in [0.25, 0.3) is 6.08 Å². The van der Waals surface area contributed by atoms with E-state index in [1.807, 2.05) is 0 Å². The number of alkyl halides is 3. The van der Waals surface area contributed by atoms with Gasteiger partial charge in [0.15, 0.2) is 0 Å². The van der Waals surface area contributed by atoms with E-state index in [0.717, 1.165) is 6.07 Å². The summed E-state index contributed by atoms with van der Waals surface area (Å²) in [6, 6.07) is 5.04. The Morgan fingerprint density at radius 1 is 1.23 bits per heavy atom. The van der Waals surface area contributed by atoms with Crippen molar-refractivity contribution in [2.24, 2.45) is 5.73 Å². The SMILES string of the molecule is NC(=O)c1ccc(F)cc1C(F)(F)F.O=S(=O)(O)C=Cc1cccnc1. The second-order valence-corrected chi connectivity index (χ2v) is 5.96. The van der Waals surface area contributed by atoms with Crippen LogP contribution < -0.4 is 5.73 Å². The highest BCUT2D eigenvalue weighted by atomic mass is 32.2. The van der Waals surface area contributed by atoms with E-state index in [-0.39, 0.29) is 6.07 Å². The molecule has 0 radical (unpaired) electrons. The predicted octanol–water partition coefficient (Wildman–Crippen LogP) is 2.88. The standard InChI is InChI=1S/C8H5F4NO.C7H7NO3S/c9-4-1-2-5(7(13)14)6(3-4)8(10,11)12;9-12(10,11)5-3-7-2-1-4-8-6-7/h1-3H,(H2,13,14);1-6H,(H,9,10,11). The van der Waals surface area contributed by atoms with Crippen molar-refractivity contribution < 1.29 is 35.3 Å². The maximum atomic E-state index is 12.5. The summed E-state index contributed by atoms with van der Waals surface area (Å²) in [5.41, 5.74) is 3.23. The second kappa shape index (κ2) is 8.54. The molecular weight excluding hydrogens is 380 g/mol. The lowest BCUT2D eigenvalue weighted by Gasteiger charge is -2.09. The van der Waals surface area contributed by atoms with Gasteiger partial charge in [-0.05, 0) is 35.9 Å². The van der Waals surface area contributed by atoms with Crippen molar-refractivity contribution in [3.63, 3.8) is 0 Å². The average molecular weight is 392 g/mol. The molecule has 0 aliphatic carbocycles. The minimum absolute atomic E-state index is 0.236. The Labute approximate surface area is 145 Å². The molecule has 0 atom stereocenters. The number of aromatic nitrogens is 1. The Morgan fingerprint density at radius 3 is 2.35 bits per heavy atom. The van der Waals surface area contributed by atoms with Gasteiger partial charge in [-0.3, -0.25) is 14.3 Å². The van der Waals surface area contributed by atoms with Crippen LogP contribution in [0.3, 0.4) is 0 Å². The van der Waals surface area contributed by atoms with E-state index in [9.17, 15) is 30.8 Å². The fourth-order valence-corrected chi connectivity index (χ4v) is 1.93. The van der Waals surface area contributed by atoms with Crippen LogP contribution in [0.2, 0.25) is 0 Å². The molecule has 6 nitrogen and oxygen atoms in total. The summed E-state index contributed by atoms with van der Waals surface area (Å²) in [4.78, 5) is 14.3. The molecule has 0 saturated heterocycles. The molecule has 1 aromatic carbocycles. The summed E-state index contributed by atoms with van der Waals surface area (Å²) in [6.07, 6.45) is -0.457. The van der Waals surface area contributed by atoms with Gasteiger partial charge in [0.25, 0.3) is 10.1 Å². The van der Waals surface area contributed by atoms with E-state index < -0.39 is 39.1 Å². The first-order valence-corrected chi connectivity index (χ1v) is 8.12. The van der Waals surface area contributed by atoms with Gasteiger partial charge in [0.05, 0.1) is 16.5 Å². The Bertz CT molecular complexity index is 898. The molecule has 1 heterocycles. The minimum Gasteiger partial charge on any atom is -0.366 e. The van der Waals surface area contributed by atoms with Gasteiger partial charge in [0, 0.05) is 12.4 Å². The molecule has 26 heavy (non-hydrogen) atoms. The number of benzene rings is 1. The van der Waals surface area contributed by atoms with Crippen LogP contribution in [0.15, 0.2) is 48.1 Å². The molecule has 2 rings (SSSR count). The van der Waals surface area contributed by atoms with E-state index in [2.05, 4.69) is 4.98 Å². The van der Waals surface area contributed by atoms with E-state index in [4.69, 9.17) is 10.3 Å². The van der Waals surface area contributed by atoms with Crippen LogP contribution in [0, 0.1) is 5.82 Å². The fourth-order valence-electron chi connectivity index (χ4n) is 1.60. The van der Waals surface area contributed by atoms with Crippen molar-refractivity contribution in [1.82, 2.24) is 4.98 Å². The third-order valence-corrected chi connectivity index (χ3v) is 3.15. The smallest absolute Gasteiger partial charge is 0.366 e. The van der Waals surface area contributed by atoms with Crippen LogP contribution in [-0.2, 0) is 16.3 Å². The molecule has 0 fully saturated rings. The van der Waals surface area contributed by atoms with Crippen LogP contribution in [0.5, 0.6) is 0 Å². The number of carbonyl (C=O) groups is 1. The van der Waals surface area contributed by atoms with E-state index in [0.29, 0.717) is 17.0 Å². The van der Waals surface area contributed by atoms with Gasteiger partial charge in [0.2, 0.25) is 5.91 Å². The molecular formula is C15H12F4N2O4S. The Hall–Kier alpha value is -2.79. The summed E-state index contributed by atoms with van der Waals surface area (Å²) in [6.45, 7) is 0. The van der Waals surface area contributed by atoms with Crippen molar-refractivity contribution in [3.8, 4) is 0 Å². The van der Waals surface area contributed by atoms with Gasteiger partial charge in [-0.15, -0.1) is 0 Å². The number of halogens is 4. The van der Waals surface area contributed by atoms with Gasteiger partial charge < -0.3 is 5.73 Å². The number of hydrogen-bond acceptors (Lipinski definition) is 4. The van der Waals surface area contributed by atoms with E-state index >= 15 is 0 Å². The number of carbonyl (C=O) groups excluding carboxylic acids is 1. The monoisotopic (exact) mass is 392 g/mol. The summed E-state index contributed by atoms with van der Waals surface area (Å²) in [5.74, 6) is -2.31. The highest BCUT2D eigenvalue weighted by Gasteiger charge is 2.35. The Morgan fingerprint density at radius 2 is 1.88 bits per heavy atom. The molecule has 0 aliphatic heterocycles. The predicted molar refractivity (Wildman–Crippen MR) is 84.7 cm³/mol. The van der Waals surface area contributed by atoms with Gasteiger partial charge >= 0.3 is 6.18 Å². The molecule has 0 bridgehead atoms. The number of nitrogens with two attached hydrogens (primary N) is 1. The van der Waals surface area contributed by atoms with E-state index in [1.165, 1.54) is 12.3 Å². The highest BCUT2D eigenvalue weighted by Crippen LogP contribution is 2.32. The second-order valence-electron chi connectivity index (χ2n) is 4.66. The van der Waals surface area contributed by atoms with Crippen molar-refractivity contribution in [2.75, 3.05) is 0 Å². The molecule has 2 aromatic rings. The third kappa shape index (κ3) is 7.40. The normalized spacial score (nSPS) is 11.7. The molecule has 0 saturated carbocycles. The van der Waals surface area contributed by atoms with Crippen LogP contribution >= 0.6 is 0 Å².